The van der Waals surface area contributed by atoms with Gasteiger partial charge in [-0.3, -0.25) is 9.78 Å². The highest BCUT2D eigenvalue weighted by molar-refractivity contribution is 7.90. The third kappa shape index (κ3) is 2.11. The summed E-state index contributed by atoms with van der Waals surface area (Å²) < 4.78 is 26.2. The average molecular weight is 359 g/mol. The normalized spacial score (nSPS) is 15.7. The van der Waals surface area contributed by atoms with E-state index in [2.05, 4.69) is 4.98 Å². The Morgan fingerprint density at radius 3 is 2.62 bits per heavy atom. The highest BCUT2D eigenvalue weighted by Crippen LogP contribution is 2.33. The van der Waals surface area contributed by atoms with Crippen LogP contribution in [-0.4, -0.2) is 23.6 Å². The van der Waals surface area contributed by atoms with E-state index in [0.717, 1.165) is 9.69 Å². The van der Waals surface area contributed by atoms with Crippen molar-refractivity contribution in [2.45, 2.75) is 11.4 Å². The van der Waals surface area contributed by atoms with E-state index in [1.54, 1.807) is 36.5 Å². The Bertz CT molecular complexity index is 1100. The van der Waals surface area contributed by atoms with Crippen LogP contribution in [0.3, 0.4) is 0 Å². The number of carbonyl (C=O) groups excluding carboxylic acids is 1. The molecule has 5 nitrogen and oxygen atoms in total. The van der Waals surface area contributed by atoms with Gasteiger partial charge in [0.2, 0.25) is 0 Å². The Morgan fingerprint density at radius 1 is 1.04 bits per heavy atom. The zero-order chi connectivity index (χ0) is 16.9. The molecule has 1 aliphatic rings. The van der Waals surface area contributed by atoms with Crippen molar-refractivity contribution < 1.29 is 13.2 Å². The van der Waals surface area contributed by atoms with Gasteiger partial charge in [0, 0.05) is 16.6 Å². The second-order valence-electron chi connectivity index (χ2n) is 5.42. The van der Waals surface area contributed by atoms with E-state index in [9.17, 15) is 13.2 Å². The topological polar surface area (TPSA) is 67.3 Å². The largest absolute Gasteiger partial charge is 0.269 e. The molecule has 2 heterocycles. The molecule has 1 amide bonds. The van der Waals surface area contributed by atoms with E-state index >= 15 is 0 Å². The second kappa shape index (κ2) is 5.29. The number of fused-ring (bicyclic) bond motifs is 2. The minimum atomic E-state index is -3.85. The van der Waals surface area contributed by atoms with Gasteiger partial charge in [-0.25, -0.2) is 12.7 Å². The number of halogens is 1. The fraction of sp³-hybridized carbons (Fsp3) is 0.0588. The summed E-state index contributed by atoms with van der Waals surface area (Å²) in [6.45, 7) is -0.0828. The summed E-state index contributed by atoms with van der Waals surface area (Å²) in [5.74, 6) is -0.523. The van der Waals surface area contributed by atoms with Gasteiger partial charge in [0.15, 0.2) is 0 Å². The standard InChI is InChI=1S/C17H11ClN2O3S/c18-14-8-7-11(16-12(14)5-3-9-19-16)10-20-17(21)13-4-1-2-6-15(13)24(20,22)23/h1-9H,10H2. The lowest BCUT2D eigenvalue weighted by molar-refractivity contribution is 0.0865. The van der Waals surface area contributed by atoms with Crippen molar-refractivity contribution in [1.29, 1.82) is 0 Å². The molecule has 24 heavy (non-hydrogen) atoms. The highest BCUT2D eigenvalue weighted by atomic mass is 35.5. The molecule has 7 heteroatoms. The number of benzene rings is 2. The number of hydrogen-bond donors (Lipinski definition) is 0. The van der Waals surface area contributed by atoms with Gasteiger partial charge in [-0.2, -0.15) is 0 Å². The van der Waals surface area contributed by atoms with Crippen LogP contribution in [0.5, 0.6) is 0 Å². The number of aromatic nitrogens is 1. The van der Waals surface area contributed by atoms with Gasteiger partial charge in [0.1, 0.15) is 4.90 Å². The SMILES string of the molecule is O=C1c2ccccc2S(=O)(=O)N1Cc1ccc(Cl)c2cccnc12. The first-order valence-corrected chi connectivity index (χ1v) is 9.00. The smallest absolute Gasteiger partial charge is 0.268 e. The van der Waals surface area contributed by atoms with Crippen LogP contribution in [0.25, 0.3) is 10.9 Å². The van der Waals surface area contributed by atoms with E-state index in [1.165, 1.54) is 12.1 Å². The van der Waals surface area contributed by atoms with Crippen LogP contribution in [0.15, 0.2) is 59.6 Å². The lowest BCUT2D eigenvalue weighted by Crippen LogP contribution is -2.29. The first-order valence-electron chi connectivity index (χ1n) is 7.18. The number of hydrogen-bond acceptors (Lipinski definition) is 4. The highest BCUT2D eigenvalue weighted by Gasteiger charge is 2.40. The summed E-state index contributed by atoms with van der Waals surface area (Å²) >= 11 is 6.16. The predicted molar refractivity (Wildman–Crippen MR) is 90.3 cm³/mol. The van der Waals surface area contributed by atoms with Crippen molar-refractivity contribution in [2.75, 3.05) is 0 Å². The molecule has 0 atom stereocenters. The molecular formula is C17H11ClN2O3S. The first-order chi connectivity index (χ1) is 11.5. The molecule has 0 unspecified atom stereocenters. The number of rotatable bonds is 2. The minimum absolute atomic E-state index is 0.0428. The number of nitrogens with zero attached hydrogens (tertiary/aromatic N) is 2. The molecule has 0 aliphatic carbocycles. The van der Waals surface area contributed by atoms with Crippen LogP contribution in [0.2, 0.25) is 5.02 Å². The Labute approximate surface area is 143 Å². The van der Waals surface area contributed by atoms with Crippen molar-refractivity contribution in [1.82, 2.24) is 9.29 Å². The zero-order valence-corrected chi connectivity index (χ0v) is 13.9. The number of pyridine rings is 1. The van der Waals surface area contributed by atoms with Crippen LogP contribution >= 0.6 is 11.6 Å². The van der Waals surface area contributed by atoms with Gasteiger partial charge < -0.3 is 0 Å². The molecule has 1 aromatic heterocycles. The molecule has 0 N–H and O–H groups in total. The van der Waals surface area contributed by atoms with Gasteiger partial charge in [-0.05, 0) is 35.9 Å². The molecule has 0 radical (unpaired) electrons. The summed E-state index contributed by atoms with van der Waals surface area (Å²) in [6, 6.07) is 13.2. The molecule has 2 aromatic carbocycles. The van der Waals surface area contributed by atoms with Crippen molar-refractivity contribution in [3.05, 3.63) is 70.9 Å². The summed E-state index contributed by atoms with van der Waals surface area (Å²) in [5, 5.41) is 1.25. The van der Waals surface area contributed by atoms with E-state index in [1.807, 2.05) is 6.07 Å². The predicted octanol–water partition coefficient (Wildman–Crippen LogP) is 3.23. The number of amides is 1. The second-order valence-corrected chi connectivity index (χ2v) is 7.66. The molecule has 1 aliphatic heterocycles. The minimum Gasteiger partial charge on any atom is -0.268 e. The summed E-state index contributed by atoms with van der Waals surface area (Å²) in [5.41, 5.74) is 1.41. The van der Waals surface area contributed by atoms with E-state index < -0.39 is 15.9 Å². The van der Waals surface area contributed by atoms with Gasteiger partial charge >= 0.3 is 0 Å². The molecule has 0 saturated heterocycles. The van der Waals surface area contributed by atoms with Gasteiger partial charge in [-0.1, -0.05) is 29.8 Å². The number of sulfonamides is 1. The van der Waals surface area contributed by atoms with Gasteiger partial charge in [-0.15, -0.1) is 0 Å². The van der Waals surface area contributed by atoms with E-state index in [-0.39, 0.29) is 17.0 Å². The maximum atomic E-state index is 12.7. The third-order valence-corrected chi connectivity index (χ3v) is 6.14. The molecular weight excluding hydrogens is 348 g/mol. The van der Waals surface area contributed by atoms with Crippen molar-refractivity contribution >= 4 is 38.4 Å². The first kappa shape index (κ1) is 15.1. The maximum Gasteiger partial charge on any atom is 0.269 e. The fourth-order valence-electron chi connectivity index (χ4n) is 2.87. The molecule has 4 rings (SSSR count). The Morgan fingerprint density at radius 2 is 1.83 bits per heavy atom. The molecule has 0 fully saturated rings. The van der Waals surface area contributed by atoms with Gasteiger partial charge in [0.25, 0.3) is 15.9 Å². The summed E-state index contributed by atoms with van der Waals surface area (Å²) in [6.07, 6.45) is 1.61. The van der Waals surface area contributed by atoms with Crippen molar-refractivity contribution in [2.24, 2.45) is 0 Å². The quantitative estimate of drug-likeness (QED) is 0.705. The average Bonchev–Trinajstić information content (AvgIpc) is 2.79. The van der Waals surface area contributed by atoms with Crippen molar-refractivity contribution in [3.63, 3.8) is 0 Å². The van der Waals surface area contributed by atoms with Crippen LogP contribution in [-0.2, 0) is 16.6 Å². The summed E-state index contributed by atoms with van der Waals surface area (Å²) in [4.78, 5) is 16.9. The van der Waals surface area contributed by atoms with Crippen LogP contribution in [0.4, 0.5) is 0 Å². The van der Waals surface area contributed by atoms with Crippen LogP contribution < -0.4 is 0 Å². The zero-order valence-electron chi connectivity index (χ0n) is 12.3. The third-order valence-electron chi connectivity index (χ3n) is 4.03. The molecule has 0 bridgehead atoms. The Hall–Kier alpha value is -2.44. The lowest BCUT2D eigenvalue weighted by Gasteiger charge is -2.16. The van der Waals surface area contributed by atoms with Crippen LogP contribution in [0, 0.1) is 0 Å². The summed E-state index contributed by atoms with van der Waals surface area (Å²) in [7, 11) is -3.85. The Kier molecular flexibility index (Phi) is 3.33. The molecule has 120 valence electrons. The molecule has 0 saturated carbocycles. The van der Waals surface area contributed by atoms with Crippen molar-refractivity contribution in [3.8, 4) is 0 Å². The lowest BCUT2D eigenvalue weighted by atomic mass is 10.1. The monoisotopic (exact) mass is 358 g/mol. The maximum absolute atomic E-state index is 12.7. The Balaban J connectivity index is 1.83. The molecule has 3 aromatic rings. The van der Waals surface area contributed by atoms with Crippen LogP contribution in [0.1, 0.15) is 15.9 Å². The van der Waals surface area contributed by atoms with E-state index in [0.29, 0.717) is 16.1 Å². The van der Waals surface area contributed by atoms with Gasteiger partial charge in [0.05, 0.1) is 17.6 Å². The van der Waals surface area contributed by atoms with E-state index in [4.69, 9.17) is 11.6 Å². The molecule has 0 spiro atoms. The fourth-order valence-corrected chi connectivity index (χ4v) is 4.63. The number of carbonyl (C=O) groups is 1.